The van der Waals surface area contributed by atoms with E-state index in [9.17, 15) is 9.59 Å². The van der Waals surface area contributed by atoms with E-state index in [1.807, 2.05) is 61.5 Å². The lowest BCUT2D eigenvalue weighted by molar-refractivity contribution is -0.705. The Bertz CT molecular complexity index is 936. The molecule has 1 aromatic heterocycles. The van der Waals surface area contributed by atoms with Gasteiger partial charge in [0.25, 0.3) is 5.91 Å². The van der Waals surface area contributed by atoms with Crippen LogP contribution in [0.3, 0.4) is 0 Å². The van der Waals surface area contributed by atoms with E-state index >= 15 is 0 Å². The van der Waals surface area contributed by atoms with E-state index < -0.39 is 6.04 Å². The van der Waals surface area contributed by atoms with Crippen LogP contribution in [0.4, 0.5) is 5.69 Å². The van der Waals surface area contributed by atoms with Gasteiger partial charge < -0.3 is 5.32 Å². The maximum absolute atomic E-state index is 12.8. The van der Waals surface area contributed by atoms with E-state index in [4.69, 9.17) is 0 Å². The van der Waals surface area contributed by atoms with E-state index in [0.717, 1.165) is 16.8 Å². The number of para-hydroxylation sites is 1. The van der Waals surface area contributed by atoms with Crippen LogP contribution in [0.15, 0.2) is 79.1 Å². The molecule has 0 fully saturated rings. The van der Waals surface area contributed by atoms with Crippen molar-refractivity contribution in [1.29, 1.82) is 0 Å². The second kappa shape index (κ2) is 7.74. The Morgan fingerprint density at radius 2 is 1.62 bits per heavy atom. The molecule has 0 saturated carbocycles. The number of hydrogen-bond acceptors (Lipinski definition) is 2. The van der Waals surface area contributed by atoms with Crippen molar-refractivity contribution in [3.63, 3.8) is 0 Å². The molecule has 1 N–H and O–H groups in total. The highest BCUT2D eigenvalue weighted by molar-refractivity contribution is 5.97. The molecule has 0 radical (unpaired) electrons. The van der Waals surface area contributed by atoms with Crippen molar-refractivity contribution in [1.82, 2.24) is 0 Å². The van der Waals surface area contributed by atoms with Crippen molar-refractivity contribution in [2.24, 2.45) is 0 Å². The Kier molecular flexibility index (Phi) is 5.23. The zero-order valence-corrected chi connectivity index (χ0v) is 14.8. The summed E-state index contributed by atoms with van der Waals surface area (Å²) in [6.45, 7) is 3.32. The molecular formula is C22H21N2O2+. The van der Waals surface area contributed by atoms with Gasteiger partial charge in [0.05, 0.1) is 5.56 Å². The SMILES string of the molecule is CC(=O)c1ccc[n+]([C@@H](C)C(=O)Nc2ccccc2-c2ccccc2)c1. The van der Waals surface area contributed by atoms with Crippen molar-refractivity contribution in [2.45, 2.75) is 19.9 Å². The highest BCUT2D eigenvalue weighted by Crippen LogP contribution is 2.27. The normalized spacial score (nSPS) is 11.6. The smallest absolute Gasteiger partial charge is 0.293 e. The minimum Gasteiger partial charge on any atom is -0.320 e. The lowest BCUT2D eigenvalue weighted by Crippen LogP contribution is -2.44. The number of nitrogens with zero attached hydrogens (tertiary/aromatic N) is 1. The van der Waals surface area contributed by atoms with Crippen LogP contribution < -0.4 is 9.88 Å². The van der Waals surface area contributed by atoms with Crippen LogP contribution in [-0.4, -0.2) is 11.7 Å². The number of pyridine rings is 1. The zero-order chi connectivity index (χ0) is 18.5. The van der Waals surface area contributed by atoms with Crippen LogP contribution in [-0.2, 0) is 4.79 Å². The molecule has 0 aliphatic carbocycles. The average molecular weight is 345 g/mol. The first-order valence-electron chi connectivity index (χ1n) is 8.53. The fourth-order valence-corrected chi connectivity index (χ4v) is 2.78. The van der Waals surface area contributed by atoms with Crippen LogP contribution in [0, 0.1) is 0 Å². The third-order valence-electron chi connectivity index (χ3n) is 4.33. The number of ketones is 1. The molecule has 1 heterocycles. The summed E-state index contributed by atoms with van der Waals surface area (Å²) in [6.07, 6.45) is 3.50. The quantitative estimate of drug-likeness (QED) is 0.560. The van der Waals surface area contributed by atoms with Gasteiger partial charge in [0, 0.05) is 24.2 Å². The van der Waals surface area contributed by atoms with Gasteiger partial charge in [-0.05, 0) is 24.6 Å². The first kappa shape index (κ1) is 17.5. The van der Waals surface area contributed by atoms with Crippen LogP contribution in [0.1, 0.15) is 30.2 Å². The first-order valence-corrected chi connectivity index (χ1v) is 8.53. The van der Waals surface area contributed by atoms with Crippen molar-refractivity contribution in [2.75, 3.05) is 5.32 Å². The van der Waals surface area contributed by atoms with Gasteiger partial charge in [-0.3, -0.25) is 9.59 Å². The summed E-state index contributed by atoms with van der Waals surface area (Å²) in [4.78, 5) is 24.3. The number of nitrogens with one attached hydrogen (secondary N) is 1. The van der Waals surface area contributed by atoms with Gasteiger partial charge in [0.1, 0.15) is 0 Å². The molecule has 2 aromatic carbocycles. The topological polar surface area (TPSA) is 50.0 Å². The standard InChI is InChI=1S/C22H20N2O2/c1-16(24-14-8-11-19(15-24)17(2)25)22(26)23-21-13-7-6-12-20(21)18-9-4-3-5-10-18/h3-16H,1-2H3/p+1/t16-/m0/s1. The van der Waals surface area contributed by atoms with E-state index in [-0.39, 0.29) is 11.7 Å². The molecule has 1 atom stereocenters. The summed E-state index contributed by atoms with van der Waals surface area (Å²) >= 11 is 0. The van der Waals surface area contributed by atoms with E-state index in [1.165, 1.54) is 6.92 Å². The lowest BCUT2D eigenvalue weighted by Gasteiger charge is -2.13. The molecular weight excluding hydrogens is 324 g/mol. The molecule has 0 aliphatic heterocycles. The summed E-state index contributed by atoms with van der Waals surface area (Å²) in [7, 11) is 0. The Balaban J connectivity index is 1.85. The molecule has 0 saturated heterocycles. The summed E-state index contributed by atoms with van der Waals surface area (Å²) in [5, 5.41) is 3.01. The maximum Gasteiger partial charge on any atom is 0.293 e. The molecule has 1 amide bonds. The maximum atomic E-state index is 12.8. The Hall–Kier alpha value is -3.27. The van der Waals surface area contributed by atoms with E-state index in [0.29, 0.717) is 5.56 Å². The van der Waals surface area contributed by atoms with Crippen molar-refractivity contribution < 1.29 is 14.2 Å². The Labute approximate surface area is 153 Å². The fraction of sp³-hybridized carbons (Fsp3) is 0.136. The van der Waals surface area contributed by atoms with Crippen LogP contribution >= 0.6 is 0 Å². The second-order valence-corrected chi connectivity index (χ2v) is 6.17. The van der Waals surface area contributed by atoms with Gasteiger partial charge in [0.2, 0.25) is 6.04 Å². The van der Waals surface area contributed by atoms with Crippen LogP contribution in [0.25, 0.3) is 11.1 Å². The number of rotatable bonds is 5. The van der Waals surface area contributed by atoms with E-state index in [1.54, 1.807) is 29.1 Å². The number of Topliss-reactive ketones (excluding diaryl/α,β-unsaturated/α-hetero) is 1. The lowest BCUT2D eigenvalue weighted by atomic mass is 10.0. The summed E-state index contributed by atoms with van der Waals surface area (Å²) in [5.41, 5.74) is 3.36. The number of amides is 1. The molecule has 26 heavy (non-hydrogen) atoms. The Morgan fingerprint density at radius 1 is 0.923 bits per heavy atom. The molecule has 0 aliphatic rings. The highest BCUT2D eigenvalue weighted by Gasteiger charge is 2.23. The molecule has 0 bridgehead atoms. The number of carbonyl (C=O) groups excluding carboxylic acids is 2. The number of aromatic nitrogens is 1. The second-order valence-electron chi connectivity index (χ2n) is 6.17. The molecule has 4 nitrogen and oxygen atoms in total. The van der Waals surface area contributed by atoms with Gasteiger partial charge >= 0.3 is 0 Å². The minimum absolute atomic E-state index is 0.0265. The van der Waals surface area contributed by atoms with E-state index in [2.05, 4.69) is 5.32 Å². The first-order chi connectivity index (χ1) is 12.6. The largest absolute Gasteiger partial charge is 0.320 e. The molecule has 0 spiro atoms. The van der Waals surface area contributed by atoms with Crippen LogP contribution in [0.5, 0.6) is 0 Å². The minimum atomic E-state index is -0.446. The monoisotopic (exact) mass is 345 g/mol. The highest BCUT2D eigenvalue weighted by atomic mass is 16.2. The molecule has 3 rings (SSSR count). The number of benzene rings is 2. The summed E-state index contributed by atoms with van der Waals surface area (Å²) in [5.74, 6) is -0.166. The van der Waals surface area contributed by atoms with Gasteiger partial charge in [-0.15, -0.1) is 0 Å². The molecule has 4 heteroatoms. The van der Waals surface area contributed by atoms with Gasteiger partial charge in [-0.25, -0.2) is 0 Å². The van der Waals surface area contributed by atoms with Crippen molar-refractivity contribution >= 4 is 17.4 Å². The predicted octanol–water partition coefficient (Wildman–Crippen LogP) is 4.04. The molecule has 0 unspecified atom stereocenters. The van der Waals surface area contributed by atoms with Crippen LogP contribution in [0.2, 0.25) is 0 Å². The number of anilines is 1. The molecule has 3 aromatic rings. The number of hydrogen-bond donors (Lipinski definition) is 1. The van der Waals surface area contributed by atoms with Gasteiger partial charge in [0.15, 0.2) is 18.2 Å². The average Bonchev–Trinajstić information content (AvgIpc) is 2.68. The predicted molar refractivity (Wildman–Crippen MR) is 102 cm³/mol. The van der Waals surface area contributed by atoms with Crippen molar-refractivity contribution in [3.8, 4) is 11.1 Å². The number of carbonyl (C=O) groups is 2. The molecule has 130 valence electrons. The van der Waals surface area contributed by atoms with Gasteiger partial charge in [-0.2, -0.15) is 4.57 Å². The third-order valence-corrected chi connectivity index (χ3v) is 4.33. The fourth-order valence-electron chi connectivity index (χ4n) is 2.78. The summed E-state index contributed by atoms with van der Waals surface area (Å²) < 4.78 is 1.75. The Morgan fingerprint density at radius 3 is 2.35 bits per heavy atom. The van der Waals surface area contributed by atoms with Crippen molar-refractivity contribution in [3.05, 3.63) is 84.7 Å². The summed E-state index contributed by atoms with van der Waals surface area (Å²) in [6, 6.07) is 20.7. The zero-order valence-electron chi connectivity index (χ0n) is 14.8. The third kappa shape index (κ3) is 3.86. The van der Waals surface area contributed by atoms with Gasteiger partial charge in [-0.1, -0.05) is 48.5 Å².